The van der Waals surface area contributed by atoms with E-state index < -0.39 is 5.97 Å². The van der Waals surface area contributed by atoms with Gasteiger partial charge in [-0.3, -0.25) is 0 Å². The molecule has 0 aliphatic rings. The molecule has 1 aromatic carbocycles. The molecular formula is C14H12ClNO2S. The monoisotopic (exact) mass is 293 g/mol. The van der Waals surface area contributed by atoms with Gasteiger partial charge >= 0.3 is 5.97 Å². The highest BCUT2D eigenvalue weighted by Gasteiger charge is 2.05. The number of hydrogen-bond donors (Lipinski definition) is 1. The first kappa shape index (κ1) is 13.9. The van der Waals surface area contributed by atoms with Crippen molar-refractivity contribution in [3.05, 3.63) is 64.4 Å². The van der Waals surface area contributed by atoms with Crippen molar-refractivity contribution in [1.29, 1.82) is 0 Å². The summed E-state index contributed by atoms with van der Waals surface area (Å²) in [7, 11) is 0. The number of hydrogen-bond acceptors (Lipinski definition) is 3. The largest absolute Gasteiger partial charge is 0.477 e. The van der Waals surface area contributed by atoms with Crippen LogP contribution in [0, 0.1) is 0 Å². The summed E-state index contributed by atoms with van der Waals surface area (Å²) < 4.78 is 0. The number of aromatic nitrogens is 1. The lowest BCUT2D eigenvalue weighted by Crippen LogP contribution is -2.00. The summed E-state index contributed by atoms with van der Waals surface area (Å²) in [5, 5.41) is 9.59. The summed E-state index contributed by atoms with van der Waals surface area (Å²) in [5.41, 5.74) is 2.25. The van der Waals surface area contributed by atoms with Crippen molar-refractivity contribution < 1.29 is 9.90 Å². The van der Waals surface area contributed by atoms with Gasteiger partial charge in [0.05, 0.1) is 0 Å². The van der Waals surface area contributed by atoms with E-state index in [1.807, 2.05) is 30.3 Å². The molecule has 0 aliphatic carbocycles. The molecule has 0 spiro atoms. The van der Waals surface area contributed by atoms with Gasteiger partial charge in [0.2, 0.25) is 0 Å². The minimum absolute atomic E-state index is 0.0876. The maximum Gasteiger partial charge on any atom is 0.354 e. The third kappa shape index (κ3) is 4.26. The Morgan fingerprint density at radius 3 is 2.53 bits per heavy atom. The molecule has 0 saturated heterocycles. The van der Waals surface area contributed by atoms with Gasteiger partial charge in [0.25, 0.3) is 0 Å². The summed E-state index contributed by atoms with van der Waals surface area (Å²) in [6.45, 7) is 0. The Labute approximate surface area is 120 Å². The quantitative estimate of drug-likeness (QED) is 0.909. The molecule has 0 radical (unpaired) electrons. The number of nitrogens with zero attached hydrogens (tertiary/aromatic N) is 1. The van der Waals surface area contributed by atoms with Crippen LogP contribution in [0.25, 0.3) is 0 Å². The minimum atomic E-state index is -0.996. The number of rotatable bonds is 5. The van der Waals surface area contributed by atoms with Crippen molar-refractivity contribution >= 4 is 29.3 Å². The van der Waals surface area contributed by atoms with Crippen LogP contribution in [0.4, 0.5) is 0 Å². The molecule has 19 heavy (non-hydrogen) atoms. The molecule has 0 fully saturated rings. The predicted octanol–water partition coefficient (Wildman–Crippen LogP) is 3.87. The molecule has 1 aromatic heterocycles. The molecule has 0 amide bonds. The number of thioether (sulfide) groups is 1. The van der Waals surface area contributed by atoms with Crippen LogP contribution < -0.4 is 0 Å². The molecule has 98 valence electrons. The maximum atomic E-state index is 10.8. The first-order valence-electron chi connectivity index (χ1n) is 5.65. The number of pyridine rings is 1. The number of carboxylic acid groups (broad SMARTS) is 1. The van der Waals surface area contributed by atoms with Crippen molar-refractivity contribution in [2.24, 2.45) is 0 Å². The van der Waals surface area contributed by atoms with Gasteiger partial charge in [0, 0.05) is 22.7 Å². The zero-order valence-corrected chi connectivity index (χ0v) is 11.6. The minimum Gasteiger partial charge on any atom is -0.477 e. The Hall–Kier alpha value is -1.52. The smallest absolute Gasteiger partial charge is 0.354 e. The zero-order valence-electron chi connectivity index (χ0n) is 10.0. The van der Waals surface area contributed by atoms with E-state index in [0.29, 0.717) is 0 Å². The van der Waals surface area contributed by atoms with Gasteiger partial charge in [-0.2, -0.15) is 11.8 Å². The van der Waals surface area contributed by atoms with E-state index in [4.69, 9.17) is 16.7 Å². The van der Waals surface area contributed by atoms with Crippen molar-refractivity contribution in [1.82, 2.24) is 4.98 Å². The third-order valence-corrected chi connectivity index (χ3v) is 3.82. The van der Waals surface area contributed by atoms with Crippen LogP contribution in [0.1, 0.15) is 21.6 Å². The Balaban J connectivity index is 1.90. The van der Waals surface area contributed by atoms with Gasteiger partial charge in [-0.15, -0.1) is 0 Å². The van der Waals surface area contributed by atoms with E-state index in [1.165, 1.54) is 11.8 Å². The fourth-order valence-corrected chi connectivity index (χ4v) is 2.62. The SMILES string of the molecule is O=C(O)c1cc(CSCc2ccc(Cl)cc2)ccn1. The van der Waals surface area contributed by atoms with E-state index >= 15 is 0 Å². The first-order chi connectivity index (χ1) is 9.15. The second-order valence-electron chi connectivity index (χ2n) is 3.97. The third-order valence-electron chi connectivity index (χ3n) is 2.49. The maximum absolute atomic E-state index is 10.8. The molecule has 1 N–H and O–H groups in total. The molecule has 0 saturated carbocycles. The molecular weight excluding hydrogens is 282 g/mol. The van der Waals surface area contributed by atoms with E-state index in [9.17, 15) is 4.79 Å². The Kier molecular flexibility index (Phi) is 4.82. The highest BCUT2D eigenvalue weighted by molar-refractivity contribution is 7.97. The molecule has 2 rings (SSSR count). The van der Waals surface area contributed by atoms with Crippen LogP contribution in [0.5, 0.6) is 0 Å². The highest BCUT2D eigenvalue weighted by Crippen LogP contribution is 2.19. The van der Waals surface area contributed by atoms with Gasteiger partial charge in [0.15, 0.2) is 0 Å². The molecule has 2 aromatic rings. The lowest BCUT2D eigenvalue weighted by atomic mass is 10.2. The van der Waals surface area contributed by atoms with E-state index in [-0.39, 0.29) is 5.69 Å². The van der Waals surface area contributed by atoms with Crippen LogP contribution in [0.3, 0.4) is 0 Å². The summed E-state index contributed by atoms with van der Waals surface area (Å²) in [6, 6.07) is 11.2. The van der Waals surface area contributed by atoms with Crippen LogP contribution in [0.2, 0.25) is 5.02 Å². The second kappa shape index (κ2) is 6.59. The lowest BCUT2D eigenvalue weighted by Gasteiger charge is -2.03. The summed E-state index contributed by atoms with van der Waals surface area (Å²) >= 11 is 7.54. The van der Waals surface area contributed by atoms with Gasteiger partial charge in [-0.05, 0) is 35.4 Å². The van der Waals surface area contributed by atoms with E-state index in [1.54, 1.807) is 17.8 Å². The summed E-state index contributed by atoms with van der Waals surface area (Å²) in [6.07, 6.45) is 1.53. The van der Waals surface area contributed by atoms with E-state index in [2.05, 4.69) is 4.98 Å². The number of carbonyl (C=O) groups is 1. The fourth-order valence-electron chi connectivity index (χ4n) is 1.55. The Morgan fingerprint density at radius 2 is 1.84 bits per heavy atom. The van der Waals surface area contributed by atoms with Crippen LogP contribution in [-0.4, -0.2) is 16.1 Å². The lowest BCUT2D eigenvalue weighted by molar-refractivity contribution is 0.0690. The highest BCUT2D eigenvalue weighted by atomic mass is 35.5. The summed E-state index contributed by atoms with van der Waals surface area (Å²) in [4.78, 5) is 14.6. The molecule has 5 heteroatoms. The normalized spacial score (nSPS) is 10.4. The average Bonchev–Trinajstić information content (AvgIpc) is 2.41. The number of carboxylic acids is 1. The Bertz CT molecular complexity index is 572. The van der Waals surface area contributed by atoms with Gasteiger partial charge < -0.3 is 5.11 Å². The van der Waals surface area contributed by atoms with Gasteiger partial charge in [-0.25, -0.2) is 9.78 Å². The van der Waals surface area contributed by atoms with Crippen LogP contribution >= 0.6 is 23.4 Å². The predicted molar refractivity (Wildman–Crippen MR) is 77.6 cm³/mol. The van der Waals surface area contributed by atoms with Crippen LogP contribution in [0.15, 0.2) is 42.6 Å². The first-order valence-corrected chi connectivity index (χ1v) is 7.19. The average molecular weight is 294 g/mol. The zero-order chi connectivity index (χ0) is 13.7. The van der Waals surface area contributed by atoms with Crippen molar-refractivity contribution in [3.8, 4) is 0 Å². The molecule has 0 aliphatic heterocycles. The molecule has 0 bridgehead atoms. The summed E-state index contributed by atoms with van der Waals surface area (Å²) in [5.74, 6) is 0.623. The number of aromatic carboxylic acids is 1. The van der Waals surface area contributed by atoms with E-state index in [0.717, 1.165) is 22.1 Å². The second-order valence-corrected chi connectivity index (χ2v) is 5.40. The Morgan fingerprint density at radius 1 is 1.16 bits per heavy atom. The van der Waals surface area contributed by atoms with Gasteiger partial charge in [-0.1, -0.05) is 23.7 Å². The van der Waals surface area contributed by atoms with Crippen molar-refractivity contribution in [2.45, 2.75) is 11.5 Å². The molecule has 1 heterocycles. The molecule has 0 unspecified atom stereocenters. The molecule has 0 atom stereocenters. The standard InChI is InChI=1S/C14H12ClNO2S/c15-12-3-1-10(2-4-12)8-19-9-11-5-6-16-13(7-11)14(17)18/h1-7H,8-9H2,(H,17,18). The fraction of sp³-hybridized carbons (Fsp3) is 0.143. The topological polar surface area (TPSA) is 50.2 Å². The van der Waals surface area contributed by atoms with Crippen molar-refractivity contribution in [3.63, 3.8) is 0 Å². The van der Waals surface area contributed by atoms with Crippen LogP contribution in [-0.2, 0) is 11.5 Å². The molecule has 3 nitrogen and oxygen atoms in total. The number of halogens is 1. The van der Waals surface area contributed by atoms with Gasteiger partial charge in [0.1, 0.15) is 5.69 Å². The number of benzene rings is 1. The van der Waals surface area contributed by atoms with Crippen molar-refractivity contribution in [2.75, 3.05) is 0 Å².